The first kappa shape index (κ1) is 14.3. The van der Waals surface area contributed by atoms with Crippen LogP contribution in [0.2, 0.25) is 0 Å². The predicted octanol–water partition coefficient (Wildman–Crippen LogP) is 2.40. The summed E-state index contributed by atoms with van der Waals surface area (Å²) in [5, 5.41) is 12.6. The lowest BCUT2D eigenvalue weighted by Gasteiger charge is -2.19. The van der Waals surface area contributed by atoms with Crippen LogP contribution in [0.25, 0.3) is 0 Å². The minimum absolute atomic E-state index is 0.0142. The smallest absolute Gasteiger partial charge is 0.255 e. The fourth-order valence-corrected chi connectivity index (χ4v) is 2.31. The van der Waals surface area contributed by atoms with Gasteiger partial charge in [-0.05, 0) is 42.3 Å². The molecule has 0 unspecified atom stereocenters. The number of hydrogen-bond donors (Lipinski definition) is 2. The van der Waals surface area contributed by atoms with Crippen LogP contribution >= 0.6 is 0 Å². The molecule has 2 N–H and O–H groups in total. The van der Waals surface area contributed by atoms with Gasteiger partial charge in [0.1, 0.15) is 19.0 Å². The van der Waals surface area contributed by atoms with Crippen LogP contribution in [-0.4, -0.2) is 24.2 Å². The summed E-state index contributed by atoms with van der Waals surface area (Å²) >= 11 is 0. The Labute approximate surface area is 128 Å². The van der Waals surface area contributed by atoms with Gasteiger partial charge in [-0.3, -0.25) is 4.79 Å². The topological polar surface area (TPSA) is 67.8 Å². The van der Waals surface area contributed by atoms with Gasteiger partial charge in [0.25, 0.3) is 5.91 Å². The highest BCUT2D eigenvalue weighted by atomic mass is 16.6. The van der Waals surface area contributed by atoms with Crippen molar-refractivity contribution < 1.29 is 19.4 Å². The van der Waals surface area contributed by atoms with E-state index in [0.717, 1.165) is 16.9 Å². The van der Waals surface area contributed by atoms with E-state index in [1.54, 1.807) is 18.2 Å². The van der Waals surface area contributed by atoms with E-state index in [2.05, 4.69) is 5.32 Å². The van der Waals surface area contributed by atoms with Gasteiger partial charge in [0.15, 0.2) is 11.5 Å². The molecule has 0 fully saturated rings. The van der Waals surface area contributed by atoms with Crippen LogP contribution in [0.5, 0.6) is 17.2 Å². The zero-order valence-electron chi connectivity index (χ0n) is 12.3. The molecule has 22 heavy (non-hydrogen) atoms. The van der Waals surface area contributed by atoms with Crippen molar-refractivity contribution in [1.82, 2.24) is 5.32 Å². The van der Waals surface area contributed by atoms with E-state index >= 15 is 0 Å². The number of phenols is 1. The minimum Gasteiger partial charge on any atom is -0.507 e. The summed E-state index contributed by atoms with van der Waals surface area (Å²) in [6.45, 7) is 3.29. The fraction of sp³-hybridized carbons (Fsp3) is 0.235. The standard InChI is InChI=1S/C17H17NO4/c1-11-2-4-13(14(19)8-11)17(20)18-10-12-3-5-15-16(9-12)22-7-6-21-15/h2-5,8-9,19H,6-7,10H2,1H3,(H,18,20). The van der Waals surface area contributed by atoms with Crippen LogP contribution in [0.3, 0.4) is 0 Å². The molecule has 3 rings (SSSR count). The Bertz CT molecular complexity index is 712. The molecule has 114 valence electrons. The number of aryl methyl sites for hydroxylation is 1. The van der Waals surface area contributed by atoms with Crippen molar-refractivity contribution in [3.05, 3.63) is 53.1 Å². The number of carbonyl (C=O) groups excluding carboxylic acids is 1. The molecule has 5 heteroatoms. The molecule has 1 amide bonds. The van der Waals surface area contributed by atoms with E-state index in [1.165, 1.54) is 0 Å². The Morgan fingerprint density at radius 3 is 2.68 bits per heavy atom. The Morgan fingerprint density at radius 1 is 1.14 bits per heavy atom. The maximum atomic E-state index is 12.1. The fourth-order valence-electron chi connectivity index (χ4n) is 2.31. The molecule has 2 aromatic rings. The van der Waals surface area contributed by atoms with Crippen molar-refractivity contribution in [1.29, 1.82) is 0 Å². The second kappa shape index (κ2) is 5.97. The Balaban J connectivity index is 1.68. The molecule has 2 aromatic carbocycles. The summed E-state index contributed by atoms with van der Waals surface area (Å²) in [6, 6.07) is 10.5. The second-order valence-corrected chi connectivity index (χ2v) is 5.18. The molecule has 1 aliphatic rings. The maximum Gasteiger partial charge on any atom is 0.255 e. The van der Waals surface area contributed by atoms with Crippen LogP contribution in [0.15, 0.2) is 36.4 Å². The van der Waals surface area contributed by atoms with Crippen LogP contribution in [0, 0.1) is 6.92 Å². The zero-order chi connectivity index (χ0) is 15.5. The number of ether oxygens (including phenoxy) is 2. The molecule has 0 radical (unpaired) electrons. The third kappa shape index (κ3) is 2.98. The van der Waals surface area contributed by atoms with Crippen molar-refractivity contribution in [2.45, 2.75) is 13.5 Å². The van der Waals surface area contributed by atoms with Gasteiger partial charge in [0, 0.05) is 6.54 Å². The van der Waals surface area contributed by atoms with Crippen molar-refractivity contribution in [3.63, 3.8) is 0 Å². The summed E-state index contributed by atoms with van der Waals surface area (Å²) < 4.78 is 11.0. The van der Waals surface area contributed by atoms with E-state index in [-0.39, 0.29) is 17.2 Å². The van der Waals surface area contributed by atoms with Crippen LogP contribution in [0.1, 0.15) is 21.5 Å². The lowest BCUT2D eigenvalue weighted by molar-refractivity contribution is 0.0948. The molecule has 0 aromatic heterocycles. The van der Waals surface area contributed by atoms with E-state index < -0.39 is 0 Å². The summed E-state index contributed by atoms with van der Waals surface area (Å²) in [6.07, 6.45) is 0. The number of phenolic OH excluding ortho intramolecular Hbond substituents is 1. The lowest BCUT2D eigenvalue weighted by atomic mass is 10.1. The van der Waals surface area contributed by atoms with Gasteiger partial charge >= 0.3 is 0 Å². The summed E-state index contributed by atoms with van der Waals surface area (Å²) in [4.78, 5) is 12.1. The monoisotopic (exact) mass is 299 g/mol. The average Bonchev–Trinajstić information content (AvgIpc) is 2.52. The first-order chi connectivity index (χ1) is 10.6. The van der Waals surface area contributed by atoms with Crippen LogP contribution in [-0.2, 0) is 6.54 Å². The van der Waals surface area contributed by atoms with Gasteiger partial charge in [-0.15, -0.1) is 0 Å². The molecule has 0 saturated heterocycles. The number of aromatic hydroxyl groups is 1. The molecular weight excluding hydrogens is 282 g/mol. The second-order valence-electron chi connectivity index (χ2n) is 5.18. The number of amides is 1. The maximum absolute atomic E-state index is 12.1. The van der Waals surface area contributed by atoms with Crippen LogP contribution < -0.4 is 14.8 Å². The highest BCUT2D eigenvalue weighted by Gasteiger charge is 2.13. The lowest BCUT2D eigenvalue weighted by Crippen LogP contribution is -2.23. The van der Waals surface area contributed by atoms with Gasteiger partial charge < -0.3 is 19.9 Å². The highest BCUT2D eigenvalue weighted by Crippen LogP contribution is 2.30. The summed E-state index contributed by atoms with van der Waals surface area (Å²) in [5.74, 6) is 1.08. The van der Waals surface area contributed by atoms with Crippen molar-refractivity contribution in [3.8, 4) is 17.2 Å². The van der Waals surface area contributed by atoms with Gasteiger partial charge in [-0.2, -0.15) is 0 Å². The molecule has 0 bridgehead atoms. The highest BCUT2D eigenvalue weighted by molar-refractivity contribution is 5.96. The quantitative estimate of drug-likeness (QED) is 0.913. The van der Waals surface area contributed by atoms with E-state index in [9.17, 15) is 9.90 Å². The van der Waals surface area contributed by atoms with Crippen LogP contribution in [0.4, 0.5) is 0 Å². The van der Waals surface area contributed by atoms with Crippen molar-refractivity contribution in [2.75, 3.05) is 13.2 Å². The van der Waals surface area contributed by atoms with E-state index in [0.29, 0.717) is 25.5 Å². The van der Waals surface area contributed by atoms with Gasteiger partial charge in [-0.25, -0.2) is 0 Å². The zero-order valence-corrected chi connectivity index (χ0v) is 12.3. The number of rotatable bonds is 3. The molecular formula is C17H17NO4. The van der Waals surface area contributed by atoms with Gasteiger partial charge in [0.2, 0.25) is 0 Å². The minimum atomic E-state index is -0.313. The first-order valence-electron chi connectivity index (χ1n) is 7.10. The summed E-state index contributed by atoms with van der Waals surface area (Å²) in [7, 11) is 0. The number of nitrogens with one attached hydrogen (secondary N) is 1. The Morgan fingerprint density at radius 2 is 1.91 bits per heavy atom. The number of hydrogen-bond acceptors (Lipinski definition) is 4. The molecule has 0 spiro atoms. The molecule has 1 heterocycles. The Hall–Kier alpha value is -2.69. The van der Waals surface area contributed by atoms with E-state index in [4.69, 9.17) is 9.47 Å². The van der Waals surface area contributed by atoms with Crippen molar-refractivity contribution in [2.24, 2.45) is 0 Å². The van der Waals surface area contributed by atoms with Gasteiger partial charge in [0.05, 0.1) is 5.56 Å². The number of carbonyl (C=O) groups is 1. The molecule has 1 aliphatic heterocycles. The molecule has 0 atom stereocenters. The third-order valence-corrected chi connectivity index (χ3v) is 3.46. The molecule has 0 saturated carbocycles. The van der Waals surface area contributed by atoms with E-state index in [1.807, 2.05) is 25.1 Å². The molecule has 0 aliphatic carbocycles. The average molecular weight is 299 g/mol. The normalized spacial score (nSPS) is 12.8. The first-order valence-corrected chi connectivity index (χ1v) is 7.10. The predicted molar refractivity (Wildman–Crippen MR) is 81.4 cm³/mol. The molecule has 5 nitrogen and oxygen atoms in total. The van der Waals surface area contributed by atoms with Gasteiger partial charge in [-0.1, -0.05) is 12.1 Å². The third-order valence-electron chi connectivity index (χ3n) is 3.46. The SMILES string of the molecule is Cc1ccc(C(=O)NCc2ccc3c(c2)OCCO3)c(O)c1. The largest absolute Gasteiger partial charge is 0.507 e. The number of fused-ring (bicyclic) bond motifs is 1. The number of benzene rings is 2. The van der Waals surface area contributed by atoms with Crippen molar-refractivity contribution >= 4 is 5.91 Å². The Kier molecular flexibility index (Phi) is 3.87. The summed E-state index contributed by atoms with van der Waals surface area (Å²) in [5.41, 5.74) is 2.08.